The Bertz CT molecular complexity index is 1180. The summed E-state index contributed by atoms with van der Waals surface area (Å²) in [6, 6.07) is 6.65. The van der Waals surface area contributed by atoms with Crippen LogP contribution in [0.3, 0.4) is 0 Å². The summed E-state index contributed by atoms with van der Waals surface area (Å²) in [5.41, 5.74) is -1.18. The van der Waals surface area contributed by atoms with Crippen molar-refractivity contribution in [1.82, 2.24) is 0 Å². The third-order valence-electron chi connectivity index (χ3n) is 4.57. The topological polar surface area (TPSA) is 77.5 Å². The number of halogens is 6. The van der Waals surface area contributed by atoms with E-state index in [1.807, 2.05) is 0 Å². The predicted molar refractivity (Wildman–Crippen MR) is 103 cm³/mol. The Morgan fingerprint density at radius 1 is 0.812 bits per heavy atom. The molecule has 0 unspecified atom stereocenters. The molecule has 0 radical (unpaired) electrons. The maximum absolute atomic E-state index is 12.9. The third-order valence-corrected chi connectivity index (χ3v) is 8.82. The lowest BCUT2D eigenvalue weighted by Gasteiger charge is -2.25. The molecule has 0 saturated carbocycles. The summed E-state index contributed by atoms with van der Waals surface area (Å²) in [6.45, 7) is 2.31. The van der Waals surface area contributed by atoms with E-state index in [1.165, 1.54) is 0 Å². The maximum Gasteiger partial charge on any atom is 0.573 e. The summed E-state index contributed by atoms with van der Waals surface area (Å²) < 4.78 is 129. The minimum Gasteiger partial charge on any atom is -0.406 e. The lowest BCUT2D eigenvalue weighted by molar-refractivity contribution is -0.274. The van der Waals surface area contributed by atoms with E-state index in [-0.39, 0.29) is 0 Å². The van der Waals surface area contributed by atoms with Gasteiger partial charge in [0.25, 0.3) is 0 Å². The molecule has 32 heavy (non-hydrogen) atoms. The van der Waals surface area contributed by atoms with Gasteiger partial charge in [0.1, 0.15) is 5.75 Å². The van der Waals surface area contributed by atoms with Crippen molar-refractivity contribution in [3.63, 3.8) is 0 Å². The van der Waals surface area contributed by atoms with Crippen molar-refractivity contribution in [2.45, 2.75) is 47.3 Å². The third kappa shape index (κ3) is 6.15. The van der Waals surface area contributed by atoms with Crippen LogP contribution in [0.4, 0.5) is 26.3 Å². The SMILES string of the molecule is CC(C)(CCS(=O)(=O)c1cccc(OC(F)(F)F)c1)S(=O)(=O)c1cccc(C(F)(F)F)c1. The van der Waals surface area contributed by atoms with Crippen molar-refractivity contribution in [2.24, 2.45) is 0 Å². The van der Waals surface area contributed by atoms with Crippen molar-refractivity contribution in [2.75, 3.05) is 5.75 Å². The van der Waals surface area contributed by atoms with Gasteiger partial charge in [-0.15, -0.1) is 13.2 Å². The standard InChI is InChI=1S/C19H18F6O5S2/c1-17(2,32(28,29)16-8-3-5-13(11-16)18(20,21)22)9-10-31(26,27)15-7-4-6-14(12-15)30-19(23,24)25/h3-8,11-12H,9-10H2,1-2H3. The fourth-order valence-electron chi connectivity index (χ4n) is 2.66. The van der Waals surface area contributed by atoms with E-state index in [2.05, 4.69) is 4.74 Å². The van der Waals surface area contributed by atoms with E-state index < -0.39 is 70.2 Å². The first-order valence-electron chi connectivity index (χ1n) is 8.86. The summed E-state index contributed by atoms with van der Waals surface area (Å²) in [4.78, 5) is -1.15. The molecule has 0 aliphatic heterocycles. The number of hydrogen-bond acceptors (Lipinski definition) is 5. The van der Waals surface area contributed by atoms with Crippen LogP contribution in [0.15, 0.2) is 58.3 Å². The second-order valence-electron chi connectivity index (χ2n) is 7.38. The minimum absolute atomic E-state index is 0.462. The Balaban J connectivity index is 2.28. The molecule has 0 fully saturated rings. The van der Waals surface area contributed by atoms with Gasteiger partial charge in [0.05, 0.1) is 25.9 Å². The van der Waals surface area contributed by atoms with E-state index >= 15 is 0 Å². The zero-order valence-electron chi connectivity index (χ0n) is 16.7. The van der Waals surface area contributed by atoms with Gasteiger partial charge in [0, 0.05) is 0 Å². The molecule has 5 nitrogen and oxygen atoms in total. The quantitative estimate of drug-likeness (QED) is 0.495. The van der Waals surface area contributed by atoms with Gasteiger partial charge in [0.2, 0.25) is 0 Å². The number of hydrogen-bond donors (Lipinski definition) is 0. The normalized spacial score (nSPS) is 13.8. The van der Waals surface area contributed by atoms with Crippen LogP contribution in [0.1, 0.15) is 25.8 Å². The van der Waals surface area contributed by atoms with Crippen LogP contribution in [-0.2, 0) is 25.9 Å². The van der Waals surface area contributed by atoms with Gasteiger partial charge < -0.3 is 4.74 Å². The molecule has 0 spiro atoms. The summed E-state index contributed by atoms with van der Waals surface area (Å²) in [6.07, 6.45) is -10.3. The number of benzene rings is 2. The Morgan fingerprint density at radius 3 is 1.94 bits per heavy atom. The van der Waals surface area contributed by atoms with Gasteiger partial charge in [-0.1, -0.05) is 12.1 Å². The highest BCUT2D eigenvalue weighted by atomic mass is 32.2. The van der Waals surface area contributed by atoms with Crippen LogP contribution in [-0.4, -0.2) is 33.7 Å². The van der Waals surface area contributed by atoms with E-state index in [0.29, 0.717) is 18.2 Å². The summed E-state index contributed by atoms with van der Waals surface area (Å²) >= 11 is 0. The average molecular weight is 504 g/mol. The average Bonchev–Trinajstić information content (AvgIpc) is 2.65. The van der Waals surface area contributed by atoms with Crippen LogP contribution >= 0.6 is 0 Å². The molecule has 0 bridgehead atoms. The van der Waals surface area contributed by atoms with Gasteiger partial charge in [-0.3, -0.25) is 0 Å². The molecule has 2 aromatic carbocycles. The van der Waals surface area contributed by atoms with Crippen LogP contribution < -0.4 is 4.74 Å². The smallest absolute Gasteiger partial charge is 0.406 e. The first-order valence-corrected chi connectivity index (χ1v) is 12.0. The van der Waals surface area contributed by atoms with E-state index in [9.17, 15) is 43.2 Å². The van der Waals surface area contributed by atoms with Crippen LogP contribution in [0, 0.1) is 0 Å². The predicted octanol–water partition coefficient (Wildman–Crippen LogP) is 5.02. The van der Waals surface area contributed by atoms with Crippen LogP contribution in [0.2, 0.25) is 0 Å². The monoisotopic (exact) mass is 504 g/mol. The lowest BCUT2D eigenvalue weighted by Crippen LogP contribution is -2.34. The summed E-state index contributed by atoms with van der Waals surface area (Å²) in [5.74, 6) is -1.55. The zero-order valence-corrected chi connectivity index (χ0v) is 18.3. The van der Waals surface area contributed by atoms with Crippen molar-refractivity contribution in [3.05, 3.63) is 54.1 Å². The number of sulfone groups is 2. The van der Waals surface area contributed by atoms with E-state index in [4.69, 9.17) is 0 Å². The van der Waals surface area contributed by atoms with Crippen molar-refractivity contribution in [1.29, 1.82) is 0 Å². The first-order chi connectivity index (χ1) is 14.4. The molecule has 0 aliphatic rings. The molecule has 0 saturated heterocycles. The second-order valence-corrected chi connectivity index (χ2v) is 12.1. The molecule has 0 aliphatic carbocycles. The van der Waals surface area contributed by atoms with E-state index in [1.54, 1.807) is 0 Å². The lowest BCUT2D eigenvalue weighted by atomic mass is 10.1. The molecule has 0 amide bonds. The maximum atomic E-state index is 12.9. The summed E-state index contributed by atoms with van der Waals surface area (Å²) in [5, 5.41) is 0. The van der Waals surface area contributed by atoms with Crippen molar-refractivity contribution < 1.29 is 47.9 Å². The van der Waals surface area contributed by atoms with Gasteiger partial charge in [0.15, 0.2) is 19.7 Å². The number of ether oxygens (including phenoxy) is 1. The van der Waals surface area contributed by atoms with Crippen LogP contribution in [0.25, 0.3) is 0 Å². The van der Waals surface area contributed by atoms with Gasteiger partial charge in [-0.25, -0.2) is 16.8 Å². The fourth-order valence-corrected chi connectivity index (χ4v) is 5.93. The molecule has 0 heterocycles. The Labute approximate surface area is 180 Å². The fraction of sp³-hybridized carbons (Fsp3) is 0.368. The molecule has 0 atom stereocenters. The molecule has 2 aromatic rings. The van der Waals surface area contributed by atoms with Crippen molar-refractivity contribution in [3.8, 4) is 5.75 Å². The molecule has 0 aromatic heterocycles. The van der Waals surface area contributed by atoms with Gasteiger partial charge in [-0.05, 0) is 56.7 Å². The molecular formula is C19H18F6O5S2. The first kappa shape index (κ1) is 26.0. The highest BCUT2D eigenvalue weighted by Crippen LogP contribution is 2.35. The Hall–Kier alpha value is -2.28. The molecular weight excluding hydrogens is 486 g/mol. The molecule has 13 heteroatoms. The van der Waals surface area contributed by atoms with Gasteiger partial charge in [-0.2, -0.15) is 13.2 Å². The minimum atomic E-state index is -5.04. The molecule has 2 rings (SSSR count). The number of alkyl halides is 6. The molecule has 178 valence electrons. The van der Waals surface area contributed by atoms with Crippen LogP contribution in [0.5, 0.6) is 5.75 Å². The highest BCUT2D eigenvalue weighted by Gasteiger charge is 2.39. The summed E-state index contributed by atoms with van der Waals surface area (Å²) in [7, 11) is -8.63. The largest absolute Gasteiger partial charge is 0.573 e. The zero-order chi connectivity index (χ0) is 24.6. The molecule has 0 N–H and O–H groups in total. The van der Waals surface area contributed by atoms with Crippen molar-refractivity contribution >= 4 is 19.7 Å². The highest BCUT2D eigenvalue weighted by molar-refractivity contribution is 7.93. The second kappa shape index (κ2) is 8.58. The van der Waals surface area contributed by atoms with E-state index in [0.717, 1.165) is 44.2 Å². The Kier molecular flexibility index (Phi) is 6.96. The number of rotatable bonds is 7. The van der Waals surface area contributed by atoms with Gasteiger partial charge >= 0.3 is 12.5 Å². The Morgan fingerprint density at radius 2 is 1.38 bits per heavy atom.